The Kier molecular flexibility index (Phi) is 12.8. The van der Waals surface area contributed by atoms with Gasteiger partial charge in [-0.05, 0) is 6.92 Å². The average molecular weight is 452 g/mol. The van der Waals surface area contributed by atoms with Crippen LogP contribution in [0.5, 0.6) is 0 Å². The van der Waals surface area contributed by atoms with Crippen molar-refractivity contribution in [3.63, 3.8) is 0 Å². The number of hydrogen-bond donors (Lipinski definition) is 0. The zero-order chi connectivity index (χ0) is 20.0. The Bertz CT molecular complexity index is 537. The van der Waals surface area contributed by atoms with E-state index < -0.39 is 0 Å². The van der Waals surface area contributed by atoms with E-state index in [0.717, 1.165) is 6.61 Å². The van der Waals surface area contributed by atoms with E-state index in [2.05, 4.69) is 87.9 Å². The SMILES string of the molecule is CC1=[C-]C(C)(C)C(C)=C1C.CC1=[C-]C(C)(C)C(C)=C1C.CCO[SiH2]C.[Zr+2]. The van der Waals surface area contributed by atoms with Crippen molar-refractivity contribution in [2.24, 2.45) is 10.8 Å². The number of allylic oxidation sites excluding steroid dienone is 8. The molecule has 0 saturated carbocycles. The summed E-state index contributed by atoms with van der Waals surface area (Å²) in [4.78, 5) is 0. The van der Waals surface area contributed by atoms with Crippen LogP contribution >= 0.6 is 0 Å². The Morgan fingerprint density at radius 2 is 1.08 bits per heavy atom. The van der Waals surface area contributed by atoms with Crippen LogP contribution in [0, 0.1) is 23.0 Å². The topological polar surface area (TPSA) is 9.23 Å². The van der Waals surface area contributed by atoms with Gasteiger partial charge in [0, 0.05) is 6.61 Å². The summed E-state index contributed by atoms with van der Waals surface area (Å²) in [6.07, 6.45) is 6.87. The van der Waals surface area contributed by atoms with Gasteiger partial charge in [0.25, 0.3) is 0 Å². The number of hydrogen-bond acceptors (Lipinski definition) is 1. The van der Waals surface area contributed by atoms with E-state index in [4.69, 9.17) is 4.43 Å². The molecule has 26 heavy (non-hydrogen) atoms. The van der Waals surface area contributed by atoms with Crippen LogP contribution in [0.15, 0.2) is 33.4 Å². The Balaban J connectivity index is 0. The third-order valence-electron chi connectivity index (χ3n) is 5.53. The largest absolute Gasteiger partial charge is 2.00 e. The van der Waals surface area contributed by atoms with Gasteiger partial charge in [0.05, 0.1) is 0 Å². The first-order valence-electron chi connectivity index (χ1n) is 9.49. The van der Waals surface area contributed by atoms with Crippen LogP contribution in [0.4, 0.5) is 0 Å². The van der Waals surface area contributed by atoms with Crippen LogP contribution in [-0.2, 0) is 30.6 Å². The van der Waals surface area contributed by atoms with Gasteiger partial charge in [0.2, 0.25) is 0 Å². The standard InChI is InChI=1S/2C10H15.C3H10OSi.Zr/c2*1-7-6-10(4,5)9(3)8(7)2;1-3-4-5-2;/h2*1-5H3;3,5H2,1-2H3;/q2*-1;;+2. The van der Waals surface area contributed by atoms with Crippen molar-refractivity contribution in [3.05, 3.63) is 45.6 Å². The normalized spacial score (nSPS) is 20.2. The van der Waals surface area contributed by atoms with Gasteiger partial charge in [0.1, 0.15) is 0 Å². The molecule has 0 saturated heterocycles. The second-order valence-corrected chi connectivity index (χ2v) is 9.02. The molecule has 0 atom stereocenters. The van der Waals surface area contributed by atoms with Gasteiger partial charge in [-0.25, -0.2) is 11.1 Å². The molecule has 0 fully saturated rings. The molecule has 0 spiro atoms. The van der Waals surface area contributed by atoms with E-state index in [1.54, 1.807) is 0 Å². The minimum atomic E-state index is -0.0860. The molecule has 0 aromatic rings. The average Bonchev–Trinajstić information content (AvgIpc) is 2.80. The molecule has 146 valence electrons. The number of rotatable bonds is 2. The molecule has 0 N–H and O–H groups in total. The summed E-state index contributed by atoms with van der Waals surface area (Å²) >= 11 is 0. The molecule has 0 bridgehead atoms. The van der Waals surface area contributed by atoms with Crippen LogP contribution in [0.2, 0.25) is 6.55 Å². The van der Waals surface area contributed by atoms with Crippen molar-refractivity contribution >= 4 is 9.76 Å². The molecule has 0 unspecified atom stereocenters. The van der Waals surface area contributed by atoms with Gasteiger partial charge in [-0.15, -0.1) is 13.8 Å². The fourth-order valence-corrected chi connectivity index (χ4v) is 3.42. The maximum Gasteiger partial charge on any atom is 2.00 e. The van der Waals surface area contributed by atoms with Gasteiger partial charge < -0.3 is 4.43 Å². The third kappa shape index (κ3) is 7.95. The van der Waals surface area contributed by atoms with Crippen molar-refractivity contribution in [2.75, 3.05) is 6.61 Å². The minimum absolute atomic E-state index is 0. The molecular weight excluding hydrogens is 412 g/mol. The maximum absolute atomic E-state index is 4.97. The molecule has 0 aromatic heterocycles. The first kappa shape index (κ1) is 28.2. The minimum Gasteiger partial charge on any atom is -0.425 e. The summed E-state index contributed by atoms with van der Waals surface area (Å²) in [6.45, 7) is 26.9. The fourth-order valence-electron chi connectivity index (χ4n) is 3.02. The monoisotopic (exact) mass is 450 g/mol. The summed E-state index contributed by atoms with van der Waals surface area (Å²) in [5.74, 6) is 0. The second kappa shape index (κ2) is 11.8. The van der Waals surface area contributed by atoms with Crippen molar-refractivity contribution in [2.45, 2.75) is 82.7 Å². The molecule has 0 heterocycles. The molecule has 0 aromatic carbocycles. The quantitative estimate of drug-likeness (QED) is 0.350. The fraction of sp³-hybridized carbons (Fsp3) is 0.652. The summed E-state index contributed by atoms with van der Waals surface area (Å²) in [5.41, 5.74) is 8.79. The Morgan fingerprint density at radius 3 is 1.12 bits per heavy atom. The Labute approximate surface area is 185 Å². The van der Waals surface area contributed by atoms with Gasteiger partial charge in [-0.3, -0.25) is 12.2 Å². The van der Waals surface area contributed by atoms with Crippen molar-refractivity contribution in [1.82, 2.24) is 0 Å². The van der Waals surface area contributed by atoms with Crippen LogP contribution in [0.25, 0.3) is 0 Å². The van der Waals surface area contributed by atoms with E-state index >= 15 is 0 Å². The first-order valence-corrected chi connectivity index (χ1v) is 11.5. The van der Waals surface area contributed by atoms with Crippen LogP contribution in [-0.4, -0.2) is 16.4 Å². The zero-order valence-electron chi connectivity index (χ0n) is 19.3. The van der Waals surface area contributed by atoms with Gasteiger partial charge in [-0.1, -0.05) is 72.8 Å². The van der Waals surface area contributed by atoms with Crippen molar-refractivity contribution in [3.8, 4) is 0 Å². The summed E-state index contributed by atoms with van der Waals surface area (Å²) < 4.78 is 4.97. The van der Waals surface area contributed by atoms with Gasteiger partial charge >= 0.3 is 26.2 Å². The van der Waals surface area contributed by atoms with E-state index in [0.29, 0.717) is 0 Å². The summed E-state index contributed by atoms with van der Waals surface area (Å²) in [7, 11) is -0.0860. The van der Waals surface area contributed by atoms with Crippen molar-refractivity contribution < 1.29 is 30.6 Å². The molecule has 2 rings (SSSR count). The van der Waals surface area contributed by atoms with Crippen LogP contribution in [0.3, 0.4) is 0 Å². The molecule has 2 aliphatic rings. The molecule has 0 aliphatic heterocycles. The van der Waals surface area contributed by atoms with E-state index in [9.17, 15) is 0 Å². The van der Waals surface area contributed by atoms with E-state index in [-0.39, 0.29) is 46.8 Å². The molecular formula is C23H40OSiZr. The third-order valence-corrected chi connectivity index (χ3v) is 6.35. The zero-order valence-corrected chi connectivity index (χ0v) is 23.2. The van der Waals surface area contributed by atoms with E-state index in [1.165, 1.54) is 33.4 Å². The smallest absolute Gasteiger partial charge is 0.425 e. The van der Waals surface area contributed by atoms with Crippen LogP contribution < -0.4 is 0 Å². The van der Waals surface area contributed by atoms with Gasteiger partial charge in [-0.2, -0.15) is 22.3 Å². The summed E-state index contributed by atoms with van der Waals surface area (Å²) in [5, 5.41) is 0. The first-order chi connectivity index (χ1) is 11.3. The molecule has 0 radical (unpaired) electrons. The van der Waals surface area contributed by atoms with Crippen LogP contribution in [0.1, 0.15) is 76.2 Å². The molecule has 1 nitrogen and oxygen atoms in total. The predicted molar refractivity (Wildman–Crippen MR) is 115 cm³/mol. The Morgan fingerprint density at radius 1 is 0.769 bits per heavy atom. The van der Waals surface area contributed by atoms with Crippen molar-refractivity contribution in [1.29, 1.82) is 0 Å². The van der Waals surface area contributed by atoms with E-state index in [1.807, 2.05) is 6.92 Å². The molecule has 2 aliphatic carbocycles. The molecule has 3 heteroatoms. The molecule has 0 amide bonds. The maximum atomic E-state index is 4.97. The Hall–Kier alpha value is 0.0200. The predicted octanol–water partition coefficient (Wildman–Crippen LogP) is 6.38. The summed E-state index contributed by atoms with van der Waals surface area (Å²) in [6, 6.07) is 0. The van der Waals surface area contributed by atoms with Gasteiger partial charge in [0.15, 0.2) is 9.76 Å². The second-order valence-electron chi connectivity index (χ2n) is 8.03.